The Kier molecular flexibility index (Phi) is 2.95. The summed E-state index contributed by atoms with van der Waals surface area (Å²) in [5.41, 5.74) is 0.604. The highest BCUT2D eigenvalue weighted by Gasteiger charge is 2.37. The van der Waals surface area contributed by atoms with Crippen molar-refractivity contribution in [3.8, 4) is 0 Å². The van der Waals surface area contributed by atoms with Gasteiger partial charge >= 0.3 is 0 Å². The molecule has 1 atom stereocenters. The third kappa shape index (κ3) is 2.34. The van der Waals surface area contributed by atoms with Crippen LogP contribution in [0.4, 0.5) is 0 Å². The van der Waals surface area contributed by atoms with E-state index in [2.05, 4.69) is 5.10 Å². The fourth-order valence-corrected chi connectivity index (χ4v) is 1.91. The van der Waals surface area contributed by atoms with Gasteiger partial charge in [0.2, 0.25) is 0 Å². The molecule has 1 aliphatic rings. The Morgan fingerprint density at radius 3 is 2.76 bits per heavy atom. The highest BCUT2D eigenvalue weighted by atomic mass is 16.7. The molecule has 2 heterocycles. The molecular formula is C12H19N3O2. The van der Waals surface area contributed by atoms with E-state index in [0.717, 1.165) is 12.0 Å². The summed E-state index contributed by atoms with van der Waals surface area (Å²) in [6.45, 7) is 6.29. The van der Waals surface area contributed by atoms with Crippen LogP contribution in [0, 0.1) is 5.41 Å². The molecule has 1 aliphatic heterocycles. The van der Waals surface area contributed by atoms with E-state index in [9.17, 15) is 4.79 Å². The van der Waals surface area contributed by atoms with Gasteiger partial charge in [-0.1, -0.05) is 20.8 Å². The van der Waals surface area contributed by atoms with Crippen LogP contribution in [0.2, 0.25) is 0 Å². The van der Waals surface area contributed by atoms with E-state index in [1.807, 2.05) is 34.0 Å². The van der Waals surface area contributed by atoms with Gasteiger partial charge in [0.15, 0.2) is 0 Å². The molecule has 94 valence electrons. The van der Waals surface area contributed by atoms with Crippen LogP contribution in [-0.4, -0.2) is 27.4 Å². The highest BCUT2D eigenvalue weighted by molar-refractivity contribution is 5.81. The number of hydroxylamine groups is 2. The number of aryl methyl sites for hydroxylation is 1. The molecule has 0 radical (unpaired) electrons. The Labute approximate surface area is 101 Å². The Morgan fingerprint density at radius 2 is 2.24 bits per heavy atom. The summed E-state index contributed by atoms with van der Waals surface area (Å²) in [6.07, 6.45) is 4.55. The highest BCUT2D eigenvalue weighted by Crippen LogP contribution is 2.33. The van der Waals surface area contributed by atoms with Crippen molar-refractivity contribution in [1.29, 1.82) is 0 Å². The summed E-state index contributed by atoms with van der Waals surface area (Å²) >= 11 is 0. The molecule has 5 heteroatoms. The summed E-state index contributed by atoms with van der Waals surface area (Å²) in [6, 6.07) is -0.00424. The van der Waals surface area contributed by atoms with Crippen molar-refractivity contribution < 1.29 is 9.63 Å². The fraction of sp³-hybridized carbons (Fsp3) is 0.667. The van der Waals surface area contributed by atoms with Gasteiger partial charge in [-0.2, -0.15) is 5.10 Å². The molecule has 2 rings (SSSR count). The molecule has 1 saturated heterocycles. The lowest BCUT2D eigenvalue weighted by molar-refractivity contribution is -0.186. The zero-order valence-electron chi connectivity index (χ0n) is 10.8. The van der Waals surface area contributed by atoms with E-state index in [1.54, 1.807) is 10.9 Å². The van der Waals surface area contributed by atoms with Crippen molar-refractivity contribution in [1.82, 2.24) is 14.8 Å². The molecule has 1 fully saturated rings. The smallest absolute Gasteiger partial charge is 0.252 e. The average molecular weight is 237 g/mol. The van der Waals surface area contributed by atoms with Gasteiger partial charge in [0.1, 0.15) is 0 Å². The molecule has 17 heavy (non-hydrogen) atoms. The SMILES string of the molecule is Cn1cc([C@@H]2CCON2C(=O)C(C)(C)C)cn1. The maximum absolute atomic E-state index is 12.2. The molecule has 5 nitrogen and oxygen atoms in total. The van der Waals surface area contributed by atoms with Crippen LogP contribution in [0.1, 0.15) is 38.8 Å². The van der Waals surface area contributed by atoms with Gasteiger partial charge in [0.25, 0.3) is 5.91 Å². The van der Waals surface area contributed by atoms with Crippen LogP contribution in [-0.2, 0) is 16.7 Å². The van der Waals surface area contributed by atoms with Crippen LogP contribution in [0.15, 0.2) is 12.4 Å². The molecule has 1 amide bonds. The first kappa shape index (κ1) is 12.1. The maximum Gasteiger partial charge on any atom is 0.252 e. The first-order valence-corrected chi connectivity index (χ1v) is 5.85. The van der Waals surface area contributed by atoms with Crippen molar-refractivity contribution >= 4 is 5.91 Å². The van der Waals surface area contributed by atoms with E-state index in [-0.39, 0.29) is 11.9 Å². The molecule has 0 aromatic carbocycles. The molecule has 0 bridgehead atoms. The van der Waals surface area contributed by atoms with Crippen LogP contribution in [0.5, 0.6) is 0 Å². The van der Waals surface area contributed by atoms with Crippen molar-refractivity contribution in [2.24, 2.45) is 12.5 Å². The summed E-state index contributed by atoms with van der Waals surface area (Å²) in [4.78, 5) is 17.7. The largest absolute Gasteiger partial charge is 0.275 e. The maximum atomic E-state index is 12.2. The van der Waals surface area contributed by atoms with Crippen molar-refractivity contribution in [3.63, 3.8) is 0 Å². The average Bonchev–Trinajstić information content (AvgIpc) is 2.82. The van der Waals surface area contributed by atoms with E-state index in [4.69, 9.17) is 4.84 Å². The van der Waals surface area contributed by atoms with Gasteiger partial charge in [-0.05, 0) is 0 Å². The van der Waals surface area contributed by atoms with Crippen molar-refractivity contribution in [3.05, 3.63) is 18.0 Å². The molecule has 0 saturated carbocycles. The zero-order valence-corrected chi connectivity index (χ0v) is 10.8. The molecule has 0 spiro atoms. The van der Waals surface area contributed by atoms with Gasteiger partial charge in [-0.3, -0.25) is 14.3 Å². The summed E-state index contributed by atoms with van der Waals surface area (Å²) < 4.78 is 1.74. The van der Waals surface area contributed by atoms with Gasteiger partial charge in [0, 0.05) is 30.6 Å². The number of aromatic nitrogens is 2. The van der Waals surface area contributed by atoms with E-state index >= 15 is 0 Å². The summed E-state index contributed by atoms with van der Waals surface area (Å²) in [5.74, 6) is 0.0175. The van der Waals surface area contributed by atoms with Crippen molar-refractivity contribution in [2.45, 2.75) is 33.2 Å². The second kappa shape index (κ2) is 4.14. The van der Waals surface area contributed by atoms with Crippen LogP contribution in [0.3, 0.4) is 0 Å². The lowest BCUT2D eigenvalue weighted by Gasteiger charge is -2.28. The Hall–Kier alpha value is -1.36. The van der Waals surface area contributed by atoms with Gasteiger partial charge in [0.05, 0.1) is 18.8 Å². The second-order valence-electron chi connectivity index (χ2n) is 5.47. The monoisotopic (exact) mass is 237 g/mol. The minimum atomic E-state index is -0.426. The van der Waals surface area contributed by atoms with E-state index < -0.39 is 5.41 Å². The molecule has 1 aromatic rings. The third-order valence-electron chi connectivity index (χ3n) is 2.86. The number of hydrogen-bond acceptors (Lipinski definition) is 3. The molecule has 1 aromatic heterocycles. The third-order valence-corrected chi connectivity index (χ3v) is 2.86. The number of nitrogens with zero attached hydrogens (tertiary/aromatic N) is 3. The normalized spacial score (nSPS) is 20.9. The number of rotatable bonds is 1. The number of amides is 1. The minimum absolute atomic E-state index is 0.00424. The van der Waals surface area contributed by atoms with Gasteiger partial charge in [-0.25, -0.2) is 5.06 Å². The molecular weight excluding hydrogens is 218 g/mol. The number of carbonyl (C=O) groups excluding carboxylic acids is 1. The van der Waals surface area contributed by atoms with E-state index in [0.29, 0.717) is 6.61 Å². The van der Waals surface area contributed by atoms with Gasteiger partial charge < -0.3 is 0 Å². The van der Waals surface area contributed by atoms with Crippen LogP contribution in [0.25, 0.3) is 0 Å². The number of carbonyl (C=O) groups is 1. The number of hydrogen-bond donors (Lipinski definition) is 0. The fourth-order valence-electron chi connectivity index (χ4n) is 1.91. The van der Waals surface area contributed by atoms with Crippen molar-refractivity contribution in [2.75, 3.05) is 6.61 Å². The van der Waals surface area contributed by atoms with Crippen LogP contribution < -0.4 is 0 Å². The zero-order chi connectivity index (χ0) is 12.6. The van der Waals surface area contributed by atoms with Gasteiger partial charge in [-0.15, -0.1) is 0 Å². The molecule has 0 unspecified atom stereocenters. The van der Waals surface area contributed by atoms with Crippen LogP contribution >= 0.6 is 0 Å². The second-order valence-corrected chi connectivity index (χ2v) is 5.47. The lowest BCUT2D eigenvalue weighted by Crippen LogP contribution is -2.38. The predicted molar refractivity (Wildman–Crippen MR) is 62.8 cm³/mol. The standard InChI is InChI=1S/C12H19N3O2/c1-12(2,3)11(16)15-10(5-6-17-15)9-7-13-14(4)8-9/h7-8,10H,5-6H2,1-4H3/t10-/m0/s1. The predicted octanol–water partition coefficient (Wildman–Crippen LogP) is 1.67. The minimum Gasteiger partial charge on any atom is -0.275 e. The quantitative estimate of drug-likeness (QED) is 0.746. The Bertz CT molecular complexity index is 420. The Balaban J connectivity index is 2.21. The molecule has 0 N–H and O–H groups in total. The topological polar surface area (TPSA) is 47.4 Å². The lowest BCUT2D eigenvalue weighted by atomic mass is 9.94. The molecule has 0 aliphatic carbocycles. The Morgan fingerprint density at radius 1 is 1.53 bits per heavy atom. The first-order chi connectivity index (χ1) is 7.89. The summed E-state index contributed by atoms with van der Waals surface area (Å²) in [7, 11) is 1.87. The van der Waals surface area contributed by atoms with E-state index in [1.165, 1.54) is 5.06 Å². The summed E-state index contributed by atoms with van der Waals surface area (Å²) in [5, 5.41) is 5.65. The first-order valence-electron chi connectivity index (χ1n) is 5.85.